The number of hydrogen-bond donors (Lipinski definition) is 1. The maximum Gasteiger partial charge on any atom is 0.259 e. The molecule has 2 saturated heterocycles. The molecule has 1 N–H and O–H groups in total. The van der Waals surface area contributed by atoms with Crippen molar-refractivity contribution in [3.05, 3.63) is 77.3 Å². The summed E-state index contributed by atoms with van der Waals surface area (Å²) in [6.45, 7) is 8.59. The van der Waals surface area contributed by atoms with E-state index < -0.39 is 0 Å². The number of rotatable bonds is 7. The van der Waals surface area contributed by atoms with Crippen LogP contribution in [0.3, 0.4) is 0 Å². The van der Waals surface area contributed by atoms with Crippen LogP contribution in [0.4, 0.5) is 5.69 Å². The molecule has 9 nitrogen and oxygen atoms in total. The Bertz CT molecular complexity index is 1470. The monoisotopic (exact) mass is 513 g/mol. The molecule has 38 heavy (non-hydrogen) atoms. The molecule has 6 rings (SSSR count). The molecule has 0 aliphatic carbocycles. The number of imidazole rings is 1. The van der Waals surface area contributed by atoms with Gasteiger partial charge in [-0.1, -0.05) is 19.1 Å². The molecule has 4 aromatic rings. The fraction of sp³-hybridized carbons (Fsp3) is 0.448. The Labute approximate surface area is 222 Å². The number of piperidine rings is 1. The van der Waals surface area contributed by atoms with Crippen molar-refractivity contribution in [2.24, 2.45) is 13.0 Å². The number of fused-ring (bicyclic) bond motifs is 1. The average molecular weight is 514 g/mol. The quantitative estimate of drug-likeness (QED) is 0.405. The average Bonchev–Trinajstić information content (AvgIpc) is 3.46. The van der Waals surface area contributed by atoms with Crippen molar-refractivity contribution in [3.63, 3.8) is 0 Å². The lowest BCUT2D eigenvalue weighted by Gasteiger charge is -2.41. The summed E-state index contributed by atoms with van der Waals surface area (Å²) in [7, 11) is 1.96. The maximum atomic E-state index is 13.7. The van der Waals surface area contributed by atoms with Gasteiger partial charge in [0.1, 0.15) is 17.8 Å². The molecule has 1 aromatic carbocycles. The summed E-state index contributed by atoms with van der Waals surface area (Å²) in [4.78, 5) is 20.7. The zero-order chi connectivity index (χ0) is 26.3. The number of nitrogens with one attached hydrogen (secondary N) is 1. The third kappa shape index (κ3) is 4.72. The van der Waals surface area contributed by atoms with E-state index in [0.717, 1.165) is 54.4 Å². The number of pyridine rings is 1. The molecule has 0 saturated carbocycles. The third-order valence-corrected chi connectivity index (χ3v) is 8.03. The first-order valence-electron chi connectivity index (χ1n) is 13.4. The lowest BCUT2D eigenvalue weighted by atomic mass is 9.75. The van der Waals surface area contributed by atoms with Crippen molar-refractivity contribution in [1.29, 1.82) is 0 Å². The lowest BCUT2D eigenvalue weighted by molar-refractivity contribution is -0.0610. The first-order valence-corrected chi connectivity index (χ1v) is 13.4. The highest BCUT2D eigenvalue weighted by Gasteiger charge is 2.41. The second-order valence-corrected chi connectivity index (χ2v) is 11.2. The maximum absolute atomic E-state index is 13.7. The fourth-order valence-corrected chi connectivity index (χ4v) is 5.82. The second-order valence-electron chi connectivity index (χ2n) is 11.2. The van der Waals surface area contributed by atoms with Gasteiger partial charge in [-0.05, 0) is 61.6 Å². The van der Waals surface area contributed by atoms with Crippen molar-refractivity contribution >= 4 is 17.2 Å². The molecule has 2 aliphatic heterocycles. The molecule has 5 heterocycles. The van der Waals surface area contributed by atoms with E-state index in [1.165, 1.54) is 12.8 Å². The van der Waals surface area contributed by atoms with Crippen LogP contribution in [0.25, 0.3) is 5.65 Å². The third-order valence-electron chi connectivity index (χ3n) is 8.03. The summed E-state index contributed by atoms with van der Waals surface area (Å²) < 4.78 is 9.63. The van der Waals surface area contributed by atoms with Crippen LogP contribution in [-0.2, 0) is 30.2 Å². The Morgan fingerprint density at radius 3 is 2.87 bits per heavy atom. The molecule has 2 fully saturated rings. The predicted molar refractivity (Wildman–Crippen MR) is 145 cm³/mol. The van der Waals surface area contributed by atoms with Crippen LogP contribution in [0.2, 0.25) is 0 Å². The molecule has 2 aliphatic rings. The number of hydrogen-bond acceptors (Lipinski definition) is 6. The van der Waals surface area contributed by atoms with Gasteiger partial charge in [0.15, 0.2) is 0 Å². The van der Waals surface area contributed by atoms with Gasteiger partial charge in [-0.25, -0.2) is 4.98 Å². The van der Waals surface area contributed by atoms with Crippen molar-refractivity contribution in [1.82, 2.24) is 29.0 Å². The summed E-state index contributed by atoms with van der Waals surface area (Å²) in [6, 6.07) is 10.1. The van der Waals surface area contributed by atoms with E-state index in [1.807, 2.05) is 47.3 Å². The highest BCUT2D eigenvalue weighted by atomic mass is 16.5. The normalized spacial score (nSPS) is 19.4. The number of ether oxygens (including phenoxy) is 1. The number of carbonyl (C=O) groups excluding carboxylic acids is 1. The predicted octanol–water partition coefficient (Wildman–Crippen LogP) is 3.77. The molecule has 0 bridgehead atoms. The van der Waals surface area contributed by atoms with Gasteiger partial charge in [-0.15, -0.1) is 10.2 Å². The van der Waals surface area contributed by atoms with Gasteiger partial charge in [0.05, 0.1) is 18.8 Å². The Balaban J connectivity index is 1.26. The van der Waals surface area contributed by atoms with Gasteiger partial charge in [-0.3, -0.25) is 9.69 Å². The number of carbonyl (C=O) groups is 1. The molecule has 0 unspecified atom stereocenters. The Kier molecular flexibility index (Phi) is 6.49. The number of nitrogens with zero attached hydrogens (tertiary/aromatic N) is 6. The molecule has 0 spiro atoms. The van der Waals surface area contributed by atoms with Gasteiger partial charge >= 0.3 is 0 Å². The standard InChI is InChI=1S/C29H35N7O2/c1-20-6-5-9-35(14-20)15-22-10-25(27-30-13-21(2)36(27)16-22)28(37)32-24-8-4-7-23(11-24)29(17-38-18-29)12-26-33-31-19-34(26)3/h4,7-8,10-11,13,16,19-20H,5-6,9,12,14-15,17-18H2,1-3H3,(H,32,37)/t20-/m0/s1. The smallest absolute Gasteiger partial charge is 0.259 e. The molecule has 198 valence electrons. The molecule has 9 heteroatoms. The van der Waals surface area contributed by atoms with Gasteiger partial charge in [0.25, 0.3) is 5.91 Å². The van der Waals surface area contributed by atoms with Crippen LogP contribution in [0, 0.1) is 12.8 Å². The number of benzene rings is 1. The molecule has 0 radical (unpaired) electrons. The molecule has 3 aromatic heterocycles. The van der Waals surface area contributed by atoms with Crippen LogP contribution >= 0.6 is 0 Å². The SMILES string of the molecule is Cc1cnc2c(C(=O)Nc3cccc(C4(Cc5nncn5C)COC4)c3)cc(CN3CCC[C@H](C)C3)cn12. The number of aromatic nitrogens is 5. The second kappa shape index (κ2) is 9.96. The molecular weight excluding hydrogens is 478 g/mol. The Morgan fingerprint density at radius 2 is 2.13 bits per heavy atom. The summed E-state index contributed by atoms with van der Waals surface area (Å²) >= 11 is 0. The van der Waals surface area contributed by atoms with E-state index in [2.05, 4.69) is 50.7 Å². The number of likely N-dealkylation sites (tertiary alicyclic amines) is 1. The van der Waals surface area contributed by atoms with Crippen molar-refractivity contribution in [2.75, 3.05) is 31.6 Å². The first-order chi connectivity index (χ1) is 18.4. The van der Waals surface area contributed by atoms with Crippen molar-refractivity contribution in [3.8, 4) is 0 Å². The van der Waals surface area contributed by atoms with E-state index in [9.17, 15) is 4.79 Å². The highest BCUT2D eigenvalue weighted by Crippen LogP contribution is 2.36. The molecule has 1 atom stereocenters. The van der Waals surface area contributed by atoms with Crippen molar-refractivity contribution < 1.29 is 9.53 Å². The molecule has 1 amide bonds. The minimum absolute atomic E-state index is 0.154. The van der Waals surface area contributed by atoms with Crippen molar-refractivity contribution in [2.45, 2.75) is 45.1 Å². The topological polar surface area (TPSA) is 89.6 Å². The minimum atomic E-state index is -0.180. The number of anilines is 1. The van der Waals surface area contributed by atoms with E-state index in [0.29, 0.717) is 30.3 Å². The Morgan fingerprint density at radius 1 is 1.26 bits per heavy atom. The minimum Gasteiger partial charge on any atom is -0.379 e. The van der Waals surface area contributed by atoms with Crippen LogP contribution < -0.4 is 5.32 Å². The number of amides is 1. The van der Waals surface area contributed by atoms with Gasteiger partial charge in [0.2, 0.25) is 0 Å². The summed E-state index contributed by atoms with van der Waals surface area (Å²) in [5.41, 5.74) is 5.11. The first kappa shape index (κ1) is 24.8. The summed E-state index contributed by atoms with van der Waals surface area (Å²) in [5.74, 6) is 1.47. The lowest BCUT2D eigenvalue weighted by Crippen LogP contribution is -2.49. The Hall–Kier alpha value is -3.56. The van der Waals surface area contributed by atoms with Crippen LogP contribution in [0.5, 0.6) is 0 Å². The van der Waals surface area contributed by atoms with Gasteiger partial charge in [-0.2, -0.15) is 0 Å². The van der Waals surface area contributed by atoms with E-state index in [1.54, 1.807) is 6.33 Å². The zero-order valence-electron chi connectivity index (χ0n) is 22.4. The summed E-state index contributed by atoms with van der Waals surface area (Å²) in [5, 5.41) is 11.5. The van der Waals surface area contributed by atoms with E-state index >= 15 is 0 Å². The van der Waals surface area contributed by atoms with Gasteiger partial charge < -0.3 is 19.0 Å². The van der Waals surface area contributed by atoms with Crippen LogP contribution in [0.15, 0.2) is 49.1 Å². The van der Waals surface area contributed by atoms with Crippen LogP contribution in [-0.4, -0.2) is 61.3 Å². The highest BCUT2D eigenvalue weighted by molar-refractivity contribution is 6.08. The van der Waals surface area contributed by atoms with Crippen LogP contribution in [0.1, 0.15) is 52.8 Å². The zero-order valence-corrected chi connectivity index (χ0v) is 22.4. The molecular formula is C29H35N7O2. The fourth-order valence-electron chi connectivity index (χ4n) is 5.82. The van der Waals surface area contributed by atoms with E-state index in [-0.39, 0.29) is 11.3 Å². The largest absolute Gasteiger partial charge is 0.379 e. The van der Waals surface area contributed by atoms with Gasteiger partial charge in [0, 0.05) is 55.7 Å². The summed E-state index contributed by atoms with van der Waals surface area (Å²) in [6.07, 6.45) is 8.91. The number of aryl methyl sites for hydroxylation is 2. The van der Waals surface area contributed by atoms with E-state index in [4.69, 9.17) is 4.74 Å².